The SMILES string of the molecule is CN(CC(=O)Nc1ccc(Cl)c(C(F)(F)F)c1)CC(=O)N1CCC(Cc2ccccc2)CC1. The molecule has 2 aromatic carbocycles. The van der Waals surface area contributed by atoms with Gasteiger partial charge in [-0.25, -0.2) is 0 Å². The lowest BCUT2D eigenvalue weighted by Crippen LogP contribution is -2.44. The number of anilines is 1. The molecule has 1 aliphatic heterocycles. The highest BCUT2D eigenvalue weighted by Crippen LogP contribution is 2.36. The lowest BCUT2D eigenvalue weighted by molar-refractivity contribution is -0.137. The minimum atomic E-state index is -4.62. The van der Waals surface area contributed by atoms with Crippen LogP contribution >= 0.6 is 11.6 Å². The van der Waals surface area contributed by atoms with Gasteiger partial charge in [-0.3, -0.25) is 14.5 Å². The lowest BCUT2D eigenvalue weighted by Gasteiger charge is -2.33. The molecule has 0 aromatic heterocycles. The van der Waals surface area contributed by atoms with Crippen molar-refractivity contribution < 1.29 is 22.8 Å². The predicted octanol–water partition coefficient (Wildman–Crippen LogP) is 4.71. The van der Waals surface area contributed by atoms with Crippen molar-refractivity contribution in [3.05, 3.63) is 64.7 Å². The second-order valence-corrected chi connectivity index (χ2v) is 8.83. The van der Waals surface area contributed by atoms with Gasteiger partial charge in [0.15, 0.2) is 0 Å². The molecule has 33 heavy (non-hydrogen) atoms. The fraction of sp³-hybridized carbons (Fsp3) is 0.417. The molecule has 0 unspecified atom stereocenters. The summed E-state index contributed by atoms with van der Waals surface area (Å²) in [5, 5.41) is 2.00. The zero-order valence-corrected chi connectivity index (χ0v) is 19.1. The average molecular weight is 482 g/mol. The lowest BCUT2D eigenvalue weighted by atomic mass is 9.90. The molecule has 0 saturated carbocycles. The van der Waals surface area contributed by atoms with E-state index >= 15 is 0 Å². The summed E-state index contributed by atoms with van der Waals surface area (Å²) in [4.78, 5) is 28.2. The number of nitrogens with one attached hydrogen (secondary N) is 1. The summed E-state index contributed by atoms with van der Waals surface area (Å²) in [7, 11) is 1.63. The van der Waals surface area contributed by atoms with Gasteiger partial charge in [-0.15, -0.1) is 0 Å². The monoisotopic (exact) mass is 481 g/mol. The molecule has 0 aliphatic carbocycles. The van der Waals surface area contributed by atoms with Crippen LogP contribution in [0.25, 0.3) is 0 Å². The van der Waals surface area contributed by atoms with Gasteiger partial charge in [-0.1, -0.05) is 41.9 Å². The Labute approximate surface area is 196 Å². The maximum atomic E-state index is 13.0. The molecular weight excluding hydrogens is 455 g/mol. The summed E-state index contributed by atoms with van der Waals surface area (Å²) in [5.41, 5.74) is 0.286. The normalized spacial score (nSPS) is 15.0. The highest BCUT2D eigenvalue weighted by Gasteiger charge is 2.33. The molecule has 178 valence electrons. The average Bonchev–Trinajstić information content (AvgIpc) is 2.75. The van der Waals surface area contributed by atoms with E-state index < -0.39 is 22.7 Å². The van der Waals surface area contributed by atoms with E-state index in [9.17, 15) is 22.8 Å². The fourth-order valence-corrected chi connectivity index (χ4v) is 4.21. The molecule has 1 saturated heterocycles. The number of hydrogen-bond acceptors (Lipinski definition) is 3. The molecule has 9 heteroatoms. The summed E-state index contributed by atoms with van der Waals surface area (Å²) >= 11 is 5.60. The Morgan fingerprint density at radius 2 is 1.76 bits per heavy atom. The van der Waals surface area contributed by atoms with Gasteiger partial charge in [0.1, 0.15) is 0 Å². The van der Waals surface area contributed by atoms with Gasteiger partial charge in [-0.2, -0.15) is 13.2 Å². The first-order valence-corrected chi connectivity index (χ1v) is 11.2. The minimum absolute atomic E-state index is 0.00283. The maximum absolute atomic E-state index is 13.0. The van der Waals surface area contributed by atoms with Gasteiger partial charge in [0.25, 0.3) is 0 Å². The van der Waals surface area contributed by atoms with Crippen LogP contribution in [0.3, 0.4) is 0 Å². The van der Waals surface area contributed by atoms with Crippen LogP contribution in [0.1, 0.15) is 24.0 Å². The van der Waals surface area contributed by atoms with Gasteiger partial charge < -0.3 is 10.2 Å². The Kier molecular flexibility index (Phi) is 8.37. The van der Waals surface area contributed by atoms with E-state index in [0.29, 0.717) is 19.0 Å². The molecule has 1 fully saturated rings. The van der Waals surface area contributed by atoms with E-state index in [1.54, 1.807) is 11.9 Å². The Hall–Kier alpha value is -2.58. The van der Waals surface area contributed by atoms with Crippen LogP contribution < -0.4 is 5.32 Å². The number of benzene rings is 2. The largest absolute Gasteiger partial charge is 0.417 e. The van der Waals surface area contributed by atoms with Crippen molar-refractivity contribution in [2.45, 2.75) is 25.4 Å². The number of halogens is 4. The summed E-state index contributed by atoms with van der Waals surface area (Å²) in [6, 6.07) is 13.5. The van der Waals surface area contributed by atoms with Crippen LogP contribution in [0.4, 0.5) is 18.9 Å². The molecule has 0 bridgehead atoms. The zero-order chi connectivity index (χ0) is 24.0. The molecule has 5 nitrogen and oxygen atoms in total. The molecule has 1 heterocycles. The molecule has 1 aliphatic rings. The summed E-state index contributed by atoms with van der Waals surface area (Å²) in [6.07, 6.45) is -1.74. The summed E-state index contributed by atoms with van der Waals surface area (Å²) < 4.78 is 38.9. The number of amides is 2. The van der Waals surface area contributed by atoms with Crippen LogP contribution in [-0.2, 0) is 22.2 Å². The second kappa shape index (κ2) is 11.0. The smallest absolute Gasteiger partial charge is 0.342 e. The number of likely N-dealkylation sites (tertiary alicyclic amines) is 1. The van der Waals surface area contributed by atoms with E-state index in [1.807, 2.05) is 23.1 Å². The first-order chi connectivity index (χ1) is 15.6. The van der Waals surface area contributed by atoms with Crippen molar-refractivity contribution in [2.24, 2.45) is 5.92 Å². The van der Waals surface area contributed by atoms with Crippen molar-refractivity contribution in [1.29, 1.82) is 0 Å². The van der Waals surface area contributed by atoms with E-state index in [0.717, 1.165) is 31.4 Å². The van der Waals surface area contributed by atoms with Gasteiger partial charge in [-0.05, 0) is 56.0 Å². The van der Waals surface area contributed by atoms with Crippen LogP contribution in [-0.4, -0.2) is 54.8 Å². The van der Waals surface area contributed by atoms with E-state index in [-0.39, 0.29) is 24.7 Å². The number of nitrogens with zero attached hydrogens (tertiary/aromatic N) is 2. The Bertz CT molecular complexity index is 961. The van der Waals surface area contributed by atoms with Crippen molar-refractivity contribution in [3.8, 4) is 0 Å². The van der Waals surface area contributed by atoms with E-state index in [1.165, 1.54) is 11.6 Å². The Morgan fingerprint density at radius 3 is 2.39 bits per heavy atom. The number of rotatable bonds is 7. The van der Waals surface area contributed by atoms with E-state index in [2.05, 4.69) is 17.4 Å². The third kappa shape index (κ3) is 7.47. The standard InChI is InChI=1S/C24H27ClF3N3O2/c1-30(15-22(32)29-19-7-8-21(25)20(14-19)24(26,27)28)16-23(33)31-11-9-18(10-12-31)13-17-5-3-2-4-6-17/h2-8,14,18H,9-13,15-16H2,1H3,(H,29,32). The predicted molar refractivity (Wildman–Crippen MR) is 122 cm³/mol. The third-order valence-corrected chi connectivity index (χ3v) is 6.04. The van der Waals surface area contributed by atoms with Gasteiger partial charge in [0, 0.05) is 18.8 Å². The highest BCUT2D eigenvalue weighted by molar-refractivity contribution is 6.31. The second-order valence-electron chi connectivity index (χ2n) is 8.43. The molecular formula is C24H27ClF3N3O2. The molecule has 2 amide bonds. The van der Waals surface area contributed by atoms with Gasteiger partial charge in [0.2, 0.25) is 11.8 Å². The number of alkyl halides is 3. The minimum Gasteiger partial charge on any atom is -0.342 e. The summed E-state index contributed by atoms with van der Waals surface area (Å²) in [6.45, 7) is 1.30. The van der Waals surface area contributed by atoms with Gasteiger partial charge >= 0.3 is 6.18 Å². The van der Waals surface area contributed by atoms with Crippen molar-refractivity contribution in [3.63, 3.8) is 0 Å². The highest BCUT2D eigenvalue weighted by atomic mass is 35.5. The van der Waals surface area contributed by atoms with Crippen molar-refractivity contribution >= 4 is 29.1 Å². The van der Waals surface area contributed by atoms with Crippen molar-refractivity contribution in [2.75, 3.05) is 38.5 Å². The number of carbonyl (C=O) groups excluding carboxylic acids is 2. The third-order valence-electron chi connectivity index (χ3n) is 5.71. The van der Waals surface area contributed by atoms with E-state index in [4.69, 9.17) is 11.6 Å². The maximum Gasteiger partial charge on any atom is 0.417 e. The zero-order valence-electron chi connectivity index (χ0n) is 18.4. The molecule has 2 aromatic rings. The van der Waals surface area contributed by atoms with Crippen molar-refractivity contribution in [1.82, 2.24) is 9.80 Å². The van der Waals surface area contributed by atoms with Crippen LogP contribution in [0.5, 0.6) is 0 Å². The quantitative estimate of drug-likeness (QED) is 0.623. The first kappa shape index (κ1) is 25.1. The Balaban J connectivity index is 1.43. The summed E-state index contributed by atoms with van der Waals surface area (Å²) in [5.74, 6) is -0.0300. The molecule has 1 N–H and O–H groups in total. The number of likely N-dealkylation sites (N-methyl/N-ethyl adjacent to an activating group) is 1. The molecule has 3 rings (SSSR count). The molecule has 0 spiro atoms. The number of carbonyl (C=O) groups is 2. The number of piperidine rings is 1. The first-order valence-electron chi connectivity index (χ1n) is 10.8. The molecule has 0 atom stereocenters. The van der Waals surface area contributed by atoms with Crippen LogP contribution in [0.15, 0.2) is 48.5 Å². The fourth-order valence-electron chi connectivity index (χ4n) is 3.99. The van der Waals surface area contributed by atoms with Crippen LogP contribution in [0, 0.1) is 5.92 Å². The Morgan fingerprint density at radius 1 is 1.09 bits per heavy atom. The van der Waals surface area contributed by atoms with Gasteiger partial charge in [0.05, 0.1) is 23.7 Å². The molecule has 0 radical (unpaired) electrons. The van der Waals surface area contributed by atoms with Crippen LogP contribution in [0.2, 0.25) is 5.02 Å². The number of hydrogen-bond donors (Lipinski definition) is 1. The topological polar surface area (TPSA) is 52.7 Å².